The van der Waals surface area contributed by atoms with Gasteiger partial charge in [-0.15, -0.1) is 0 Å². The molecule has 230 valence electrons. The van der Waals surface area contributed by atoms with Crippen molar-refractivity contribution in [2.75, 3.05) is 0 Å². The molecule has 0 aliphatic rings. The summed E-state index contributed by atoms with van der Waals surface area (Å²) in [6.45, 7) is 0. The molecule has 49 heavy (non-hydrogen) atoms. The van der Waals surface area contributed by atoms with Crippen LogP contribution in [-0.2, 0) is 0 Å². The van der Waals surface area contributed by atoms with Crippen molar-refractivity contribution in [2.45, 2.75) is 0 Å². The summed E-state index contributed by atoms with van der Waals surface area (Å²) in [4.78, 5) is 14.8. The Morgan fingerprint density at radius 1 is 0.347 bits per heavy atom. The van der Waals surface area contributed by atoms with Gasteiger partial charge in [-0.1, -0.05) is 97.1 Å². The standard InChI is InChI=1S/C45H30N4/c1-3-13-31(14-4-1)34-25-35(32-15-5-2-6-16-32)27-37(26-34)42-29-36(30-43(48-42)41-21-9-10-23-46-41)33-17-11-18-38(28-33)49-44-22-8-7-19-39(44)40-20-12-24-47-45(40)49/h1-30H. The van der Waals surface area contributed by atoms with Crippen LogP contribution in [0.1, 0.15) is 0 Å². The van der Waals surface area contributed by atoms with Gasteiger partial charge in [0.15, 0.2) is 0 Å². The van der Waals surface area contributed by atoms with E-state index in [2.05, 4.69) is 150 Å². The van der Waals surface area contributed by atoms with Crippen LogP contribution in [0.2, 0.25) is 0 Å². The molecule has 0 aliphatic heterocycles. The molecular formula is C45H30N4. The van der Waals surface area contributed by atoms with Gasteiger partial charge in [0.25, 0.3) is 0 Å². The van der Waals surface area contributed by atoms with E-state index in [0.29, 0.717) is 0 Å². The lowest BCUT2D eigenvalue weighted by Crippen LogP contribution is -1.97. The molecule has 4 heterocycles. The molecule has 0 saturated carbocycles. The lowest BCUT2D eigenvalue weighted by atomic mass is 9.94. The van der Waals surface area contributed by atoms with E-state index in [1.807, 2.05) is 36.7 Å². The summed E-state index contributed by atoms with van der Waals surface area (Å²) in [5.74, 6) is 0. The second-order valence-corrected chi connectivity index (χ2v) is 12.1. The fraction of sp³-hybridized carbons (Fsp3) is 0. The van der Waals surface area contributed by atoms with Crippen LogP contribution in [0.4, 0.5) is 0 Å². The van der Waals surface area contributed by atoms with Crippen LogP contribution in [0.25, 0.3) is 83.6 Å². The number of rotatable bonds is 6. The molecule has 4 nitrogen and oxygen atoms in total. The smallest absolute Gasteiger partial charge is 0.145 e. The van der Waals surface area contributed by atoms with Gasteiger partial charge in [0, 0.05) is 34.4 Å². The SMILES string of the molecule is c1ccc(-c2cc(-c3ccccc3)cc(-c3cc(-c4cccc(-n5c6ccccc6c6cccnc65)c4)cc(-c4ccccn4)n3)c2)cc1. The van der Waals surface area contributed by atoms with Gasteiger partial charge in [-0.2, -0.15) is 0 Å². The van der Waals surface area contributed by atoms with Gasteiger partial charge >= 0.3 is 0 Å². The second-order valence-electron chi connectivity index (χ2n) is 12.1. The molecule has 9 aromatic rings. The summed E-state index contributed by atoms with van der Waals surface area (Å²) >= 11 is 0. The molecule has 0 spiro atoms. The maximum atomic E-state index is 5.25. The lowest BCUT2D eigenvalue weighted by Gasteiger charge is -2.14. The fourth-order valence-corrected chi connectivity index (χ4v) is 6.74. The number of hydrogen-bond acceptors (Lipinski definition) is 3. The normalized spacial score (nSPS) is 11.3. The number of para-hydroxylation sites is 1. The van der Waals surface area contributed by atoms with E-state index >= 15 is 0 Å². The first-order chi connectivity index (χ1) is 24.3. The molecule has 0 saturated heterocycles. The van der Waals surface area contributed by atoms with Crippen LogP contribution in [-0.4, -0.2) is 19.5 Å². The van der Waals surface area contributed by atoms with Crippen LogP contribution in [0, 0.1) is 0 Å². The van der Waals surface area contributed by atoms with E-state index in [-0.39, 0.29) is 0 Å². The highest BCUT2D eigenvalue weighted by atomic mass is 15.0. The van der Waals surface area contributed by atoms with Crippen molar-refractivity contribution in [3.8, 4) is 61.7 Å². The molecule has 0 radical (unpaired) electrons. The van der Waals surface area contributed by atoms with E-state index in [1.165, 1.54) is 5.39 Å². The number of fused-ring (bicyclic) bond motifs is 3. The van der Waals surface area contributed by atoms with Gasteiger partial charge in [-0.3, -0.25) is 9.55 Å². The number of aromatic nitrogens is 4. The molecule has 0 N–H and O–H groups in total. The van der Waals surface area contributed by atoms with Crippen molar-refractivity contribution < 1.29 is 0 Å². The zero-order chi connectivity index (χ0) is 32.6. The van der Waals surface area contributed by atoms with Gasteiger partial charge in [0.05, 0.1) is 22.6 Å². The lowest BCUT2D eigenvalue weighted by molar-refractivity contribution is 1.14. The Hall–Kier alpha value is -6.65. The summed E-state index contributed by atoms with van der Waals surface area (Å²) in [5.41, 5.74) is 13.5. The minimum Gasteiger partial charge on any atom is -0.294 e. The summed E-state index contributed by atoms with van der Waals surface area (Å²) < 4.78 is 2.26. The van der Waals surface area contributed by atoms with Crippen molar-refractivity contribution in [1.82, 2.24) is 19.5 Å². The van der Waals surface area contributed by atoms with Crippen molar-refractivity contribution >= 4 is 21.9 Å². The Morgan fingerprint density at radius 2 is 0.959 bits per heavy atom. The summed E-state index contributed by atoms with van der Waals surface area (Å²) in [6, 6.07) is 59.5. The largest absolute Gasteiger partial charge is 0.294 e. The molecule has 0 fully saturated rings. The summed E-state index contributed by atoms with van der Waals surface area (Å²) in [5, 5.41) is 2.33. The van der Waals surface area contributed by atoms with E-state index < -0.39 is 0 Å². The molecule has 0 aliphatic carbocycles. The zero-order valence-corrected chi connectivity index (χ0v) is 26.6. The second kappa shape index (κ2) is 12.2. The minimum atomic E-state index is 0.823. The fourth-order valence-electron chi connectivity index (χ4n) is 6.74. The van der Waals surface area contributed by atoms with Crippen LogP contribution in [0.15, 0.2) is 182 Å². The van der Waals surface area contributed by atoms with Gasteiger partial charge in [0.1, 0.15) is 5.65 Å². The molecule has 0 amide bonds. The quantitative estimate of drug-likeness (QED) is 0.184. The molecule has 5 aromatic carbocycles. The average Bonchev–Trinajstić information content (AvgIpc) is 3.53. The predicted octanol–water partition coefficient (Wildman–Crippen LogP) is 11.3. The molecule has 0 bridgehead atoms. The van der Waals surface area contributed by atoms with Crippen LogP contribution in [0.3, 0.4) is 0 Å². The van der Waals surface area contributed by atoms with Crippen LogP contribution in [0.5, 0.6) is 0 Å². The van der Waals surface area contributed by atoms with Gasteiger partial charge in [-0.05, 0) is 106 Å². The van der Waals surface area contributed by atoms with Gasteiger partial charge in [-0.25, -0.2) is 9.97 Å². The first-order valence-corrected chi connectivity index (χ1v) is 16.4. The van der Waals surface area contributed by atoms with Crippen LogP contribution < -0.4 is 0 Å². The number of benzene rings is 5. The molecule has 0 unspecified atom stereocenters. The third kappa shape index (κ3) is 5.35. The topological polar surface area (TPSA) is 43.6 Å². The highest BCUT2D eigenvalue weighted by molar-refractivity contribution is 6.07. The van der Waals surface area contributed by atoms with Crippen LogP contribution >= 0.6 is 0 Å². The minimum absolute atomic E-state index is 0.823. The molecular weight excluding hydrogens is 597 g/mol. The third-order valence-electron chi connectivity index (χ3n) is 9.07. The Labute approximate surface area is 284 Å². The predicted molar refractivity (Wildman–Crippen MR) is 201 cm³/mol. The number of nitrogens with zero attached hydrogens (tertiary/aromatic N) is 4. The maximum Gasteiger partial charge on any atom is 0.145 e. The van der Waals surface area contributed by atoms with Crippen molar-refractivity contribution in [3.05, 3.63) is 182 Å². The van der Waals surface area contributed by atoms with Crippen molar-refractivity contribution in [2.24, 2.45) is 0 Å². The van der Waals surface area contributed by atoms with E-state index in [9.17, 15) is 0 Å². The van der Waals surface area contributed by atoms with Gasteiger partial charge < -0.3 is 0 Å². The monoisotopic (exact) mass is 626 g/mol. The Morgan fingerprint density at radius 3 is 1.71 bits per heavy atom. The van der Waals surface area contributed by atoms with E-state index in [0.717, 1.165) is 78.3 Å². The van der Waals surface area contributed by atoms with Crippen molar-refractivity contribution in [3.63, 3.8) is 0 Å². The summed E-state index contributed by atoms with van der Waals surface area (Å²) in [6.07, 6.45) is 3.69. The maximum absolute atomic E-state index is 5.25. The summed E-state index contributed by atoms with van der Waals surface area (Å²) in [7, 11) is 0. The Kier molecular flexibility index (Phi) is 7.10. The first kappa shape index (κ1) is 28.6. The van der Waals surface area contributed by atoms with Gasteiger partial charge in [0.2, 0.25) is 0 Å². The number of pyridine rings is 3. The molecule has 9 rings (SSSR count). The molecule has 0 atom stereocenters. The highest BCUT2D eigenvalue weighted by Crippen LogP contribution is 2.37. The highest BCUT2D eigenvalue weighted by Gasteiger charge is 2.16. The van der Waals surface area contributed by atoms with E-state index in [4.69, 9.17) is 15.0 Å². The molecule has 4 aromatic heterocycles. The Bertz CT molecular complexity index is 2480. The number of hydrogen-bond donors (Lipinski definition) is 0. The Balaban J connectivity index is 1.25. The molecule has 4 heteroatoms. The first-order valence-electron chi connectivity index (χ1n) is 16.4. The van der Waals surface area contributed by atoms with Crippen molar-refractivity contribution in [1.29, 1.82) is 0 Å². The third-order valence-corrected chi connectivity index (χ3v) is 9.07. The zero-order valence-electron chi connectivity index (χ0n) is 26.6. The average molecular weight is 627 g/mol. The van der Waals surface area contributed by atoms with E-state index in [1.54, 1.807) is 0 Å².